The van der Waals surface area contributed by atoms with Crippen molar-refractivity contribution >= 4 is 6.29 Å². The SMILES string of the molecule is CC[C@@H]1OCN(C2(c3ccccc3)c3ccccc3-c3ccccc32)[C@H]1C=O. The molecule has 140 valence electrons. The average Bonchev–Trinajstić information content (AvgIpc) is 3.31. The van der Waals surface area contributed by atoms with Gasteiger partial charge in [-0.2, -0.15) is 0 Å². The number of aldehydes is 1. The molecule has 1 aliphatic carbocycles. The molecule has 0 N–H and O–H groups in total. The lowest BCUT2D eigenvalue weighted by Gasteiger charge is -2.42. The van der Waals surface area contributed by atoms with Gasteiger partial charge in [-0.05, 0) is 34.2 Å². The summed E-state index contributed by atoms with van der Waals surface area (Å²) in [5.41, 5.74) is 5.52. The topological polar surface area (TPSA) is 29.5 Å². The summed E-state index contributed by atoms with van der Waals surface area (Å²) in [6.07, 6.45) is 1.79. The molecule has 1 aliphatic heterocycles. The van der Waals surface area contributed by atoms with Crippen LogP contribution in [-0.2, 0) is 15.1 Å². The first-order chi connectivity index (χ1) is 13.8. The Kier molecular flexibility index (Phi) is 4.15. The van der Waals surface area contributed by atoms with E-state index in [1.54, 1.807) is 0 Å². The van der Waals surface area contributed by atoms with Gasteiger partial charge in [0.15, 0.2) is 0 Å². The van der Waals surface area contributed by atoms with Crippen molar-refractivity contribution in [1.82, 2.24) is 4.90 Å². The Bertz CT molecular complexity index is 968. The summed E-state index contributed by atoms with van der Waals surface area (Å²) in [5.74, 6) is 0. The molecule has 3 nitrogen and oxygen atoms in total. The van der Waals surface area contributed by atoms with Crippen molar-refractivity contribution in [3.63, 3.8) is 0 Å². The van der Waals surface area contributed by atoms with Crippen LogP contribution < -0.4 is 0 Å². The molecule has 28 heavy (non-hydrogen) atoms. The second-order valence-electron chi connectivity index (χ2n) is 7.51. The first-order valence-corrected chi connectivity index (χ1v) is 9.91. The quantitative estimate of drug-likeness (QED) is 0.630. The monoisotopic (exact) mass is 369 g/mol. The van der Waals surface area contributed by atoms with E-state index in [4.69, 9.17) is 4.74 Å². The molecule has 0 spiro atoms. The molecule has 0 aromatic heterocycles. The molecule has 0 saturated carbocycles. The Labute approximate surface area is 165 Å². The van der Waals surface area contributed by atoms with Crippen LogP contribution >= 0.6 is 0 Å². The fourth-order valence-electron chi connectivity index (χ4n) is 5.08. The third-order valence-electron chi connectivity index (χ3n) is 6.26. The van der Waals surface area contributed by atoms with E-state index in [1.165, 1.54) is 27.8 Å². The lowest BCUT2D eigenvalue weighted by molar-refractivity contribution is -0.113. The van der Waals surface area contributed by atoms with Crippen LogP contribution in [0, 0.1) is 0 Å². The molecule has 0 amide bonds. The van der Waals surface area contributed by atoms with Gasteiger partial charge < -0.3 is 9.53 Å². The van der Waals surface area contributed by atoms with Gasteiger partial charge in [-0.25, -0.2) is 0 Å². The van der Waals surface area contributed by atoms with E-state index in [9.17, 15) is 4.79 Å². The van der Waals surface area contributed by atoms with Crippen molar-refractivity contribution < 1.29 is 9.53 Å². The maximum Gasteiger partial charge on any atom is 0.139 e. The lowest BCUT2D eigenvalue weighted by Crippen LogP contribution is -2.51. The van der Waals surface area contributed by atoms with Crippen LogP contribution in [0.1, 0.15) is 30.0 Å². The predicted octanol–water partition coefficient (Wildman–Crippen LogP) is 4.59. The summed E-state index contributed by atoms with van der Waals surface area (Å²) in [6.45, 7) is 2.51. The van der Waals surface area contributed by atoms with Gasteiger partial charge >= 0.3 is 0 Å². The molecule has 1 heterocycles. The van der Waals surface area contributed by atoms with Crippen molar-refractivity contribution in [3.8, 4) is 11.1 Å². The predicted molar refractivity (Wildman–Crippen MR) is 110 cm³/mol. The van der Waals surface area contributed by atoms with Crippen LogP contribution in [-0.4, -0.2) is 30.1 Å². The molecule has 2 atom stereocenters. The second kappa shape index (κ2) is 6.69. The van der Waals surface area contributed by atoms with E-state index in [0.29, 0.717) is 6.73 Å². The van der Waals surface area contributed by atoms with Crippen LogP contribution in [0.4, 0.5) is 0 Å². The van der Waals surface area contributed by atoms with E-state index in [0.717, 1.165) is 12.7 Å². The van der Waals surface area contributed by atoms with Crippen molar-refractivity contribution in [2.24, 2.45) is 0 Å². The van der Waals surface area contributed by atoms with Gasteiger partial charge in [-0.1, -0.05) is 85.8 Å². The number of fused-ring (bicyclic) bond motifs is 3. The molecule has 2 aliphatic rings. The summed E-state index contributed by atoms with van der Waals surface area (Å²) >= 11 is 0. The van der Waals surface area contributed by atoms with Crippen molar-refractivity contribution in [2.45, 2.75) is 31.0 Å². The molecule has 3 aromatic carbocycles. The van der Waals surface area contributed by atoms with Crippen LogP contribution in [0.3, 0.4) is 0 Å². The van der Waals surface area contributed by atoms with Crippen molar-refractivity contribution in [2.75, 3.05) is 6.73 Å². The maximum absolute atomic E-state index is 12.2. The van der Waals surface area contributed by atoms with Gasteiger partial charge in [0, 0.05) is 0 Å². The number of carbonyl (C=O) groups is 1. The number of ether oxygens (including phenoxy) is 1. The third-order valence-corrected chi connectivity index (χ3v) is 6.26. The first-order valence-electron chi connectivity index (χ1n) is 9.91. The van der Waals surface area contributed by atoms with Gasteiger partial charge in [0.1, 0.15) is 18.6 Å². The summed E-state index contributed by atoms with van der Waals surface area (Å²) in [7, 11) is 0. The molecular weight excluding hydrogens is 346 g/mol. The molecule has 3 aromatic rings. The van der Waals surface area contributed by atoms with E-state index in [-0.39, 0.29) is 12.1 Å². The molecular formula is C25H23NO2. The number of nitrogens with zero attached hydrogens (tertiary/aromatic N) is 1. The first kappa shape index (κ1) is 17.4. The van der Waals surface area contributed by atoms with E-state index >= 15 is 0 Å². The Hall–Kier alpha value is -2.75. The smallest absolute Gasteiger partial charge is 0.139 e. The number of hydrogen-bond acceptors (Lipinski definition) is 3. The summed E-state index contributed by atoms with van der Waals surface area (Å²) in [5, 5.41) is 0. The zero-order valence-corrected chi connectivity index (χ0v) is 15.9. The number of benzene rings is 3. The third kappa shape index (κ3) is 2.20. The highest BCUT2D eigenvalue weighted by atomic mass is 16.5. The van der Waals surface area contributed by atoms with Crippen LogP contribution in [0.2, 0.25) is 0 Å². The average molecular weight is 369 g/mol. The minimum Gasteiger partial charge on any atom is -0.361 e. The minimum atomic E-state index is -0.538. The Morgan fingerprint density at radius 3 is 2.07 bits per heavy atom. The molecule has 3 heteroatoms. The highest BCUT2D eigenvalue weighted by Gasteiger charge is 2.54. The summed E-state index contributed by atoms with van der Waals surface area (Å²) in [4.78, 5) is 14.5. The van der Waals surface area contributed by atoms with Crippen LogP contribution in [0.5, 0.6) is 0 Å². The van der Waals surface area contributed by atoms with Gasteiger partial charge in [0.25, 0.3) is 0 Å². The highest BCUT2D eigenvalue weighted by molar-refractivity contribution is 5.83. The van der Waals surface area contributed by atoms with Gasteiger partial charge in [0.2, 0.25) is 0 Å². The zero-order chi connectivity index (χ0) is 19.1. The number of hydrogen-bond donors (Lipinski definition) is 0. The van der Waals surface area contributed by atoms with Crippen molar-refractivity contribution in [3.05, 3.63) is 95.6 Å². The van der Waals surface area contributed by atoms with E-state index in [1.807, 2.05) is 6.07 Å². The van der Waals surface area contributed by atoms with Gasteiger partial charge in [0.05, 0.1) is 12.1 Å². The maximum atomic E-state index is 12.2. The van der Waals surface area contributed by atoms with Crippen LogP contribution in [0.25, 0.3) is 11.1 Å². The van der Waals surface area contributed by atoms with Gasteiger partial charge in [-0.15, -0.1) is 0 Å². The van der Waals surface area contributed by atoms with E-state index in [2.05, 4.69) is 84.6 Å². The molecule has 1 saturated heterocycles. The highest BCUT2D eigenvalue weighted by Crippen LogP contribution is 2.55. The minimum absolute atomic E-state index is 0.0852. The standard InChI is InChI=1S/C25H23NO2/c1-2-24-23(16-27)26(17-28-24)25(18-10-4-3-5-11-18)21-14-8-6-12-19(21)20-13-7-9-15-22(20)25/h3-16,23-24H,2,17H2,1H3/t23-,24-/m0/s1. The molecule has 0 radical (unpaired) electrons. The molecule has 0 unspecified atom stereocenters. The molecule has 0 bridgehead atoms. The Morgan fingerprint density at radius 1 is 0.929 bits per heavy atom. The summed E-state index contributed by atoms with van der Waals surface area (Å²) in [6, 6.07) is 27.3. The fourth-order valence-corrected chi connectivity index (χ4v) is 5.08. The van der Waals surface area contributed by atoms with Crippen molar-refractivity contribution in [1.29, 1.82) is 0 Å². The zero-order valence-electron chi connectivity index (χ0n) is 15.9. The Morgan fingerprint density at radius 2 is 1.50 bits per heavy atom. The number of rotatable bonds is 4. The summed E-state index contributed by atoms with van der Waals surface area (Å²) < 4.78 is 6.10. The number of carbonyl (C=O) groups excluding carboxylic acids is 1. The van der Waals surface area contributed by atoms with E-state index < -0.39 is 5.54 Å². The molecule has 5 rings (SSSR count). The second-order valence-corrected chi connectivity index (χ2v) is 7.51. The van der Waals surface area contributed by atoms with Crippen LogP contribution in [0.15, 0.2) is 78.9 Å². The normalized spacial score (nSPS) is 22.6. The lowest BCUT2D eigenvalue weighted by atomic mass is 9.78. The molecule has 1 fully saturated rings. The van der Waals surface area contributed by atoms with Gasteiger partial charge in [-0.3, -0.25) is 4.90 Å². The largest absolute Gasteiger partial charge is 0.361 e. The Balaban J connectivity index is 1.86. The fraction of sp³-hybridized carbons (Fsp3) is 0.240.